The summed E-state index contributed by atoms with van der Waals surface area (Å²) in [7, 11) is 5.15. The minimum absolute atomic E-state index is 0. The summed E-state index contributed by atoms with van der Waals surface area (Å²) in [5.41, 5.74) is 14.0. The smallest absolute Gasteiger partial charge is 0.306 e. The van der Waals surface area contributed by atoms with Crippen molar-refractivity contribution in [2.45, 2.75) is 110 Å². The van der Waals surface area contributed by atoms with Crippen LogP contribution in [0.2, 0.25) is 15.1 Å². The Morgan fingerprint density at radius 3 is 1.27 bits per heavy atom. The molecule has 0 saturated carbocycles. The zero-order valence-corrected chi connectivity index (χ0v) is 69.9. The summed E-state index contributed by atoms with van der Waals surface area (Å²) >= 11 is 36.7. The van der Waals surface area contributed by atoms with E-state index in [1.165, 1.54) is 31.7 Å². The number of fused-ring (bicyclic) bond motifs is 4. The highest BCUT2D eigenvalue weighted by atomic mass is 35.5. The van der Waals surface area contributed by atoms with E-state index in [9.17, 15) is 39.0 Å². The van der Waals surface area contributed by atoms with Crippen LogP contribution < -0.4 is 23.5 Å². The summed E-state index contributed by atoms with van der Waals surface area (Å²) in [5, 5.41) is 50.7. The Balaban J connectivity index is 0.000000197. The molecule has 8 atom stereocenters. The molecule has 6 unspecified atom stereocenters. The second-order valence-electron chi connectivity index (χ2n) is 28.9. The zero-order chi connectivity index (χ0) is 80.6. The van der Waals surface area contributed by atoms with Crippen molar-refractivity contribution in [3.63, 3.8) is 0 Å². The van der Waals surface area contributed by atoms with Gasteiger partial charge < -0.3 is 48.6 Å². The highest BCUT2D eigenvalue weighted by Gasteiger charge is 2.56. The Kier molecular flexibility index (Phi) is 35.9. The number of aryl methyl sites for hydroxylation is 1. The number of nitrogens with one attached hydrogen (secondary N) is 1. The molecule has 14 rings (SSSR count). The summed E-state index contributed by atoms with van der Waals surface area (Å²) in [4.78, 5) is 79.5. The molecule has 0 aromatic heterocycles. The Bertz CT molecular complexity index is 4170. The molecule has 3 fully saturated rings. The van der Waals surface area contributed by atoms with Crippen LogP contribution in [-0.2, 0) is 73.7 Å². The van der Waals surface area contributed by atoms with Gasteiger partial charge in [0, 0.05) is 113 Å². The number of nitrogens with zero attached hydrogens (tertiary/aromatic N) is 8. The van der Waals surface area contributed by atoms with E-state index in [-0.39, 0.29) is 76.3 Å². The first-order valence-electron chi connectivity index (χ1n) is 37.1. The number of hydrogen-bond donors (Lipinski definition) is 5. The number of hydrogen-bond acceptors (Lipinski definition) is 12. The highest BCUT2D eigenvalue weighted by molar-refractivity contribution is 6.41. The lowest BCUT2D eigenvalue weighted by molar-refractivity contribution is -0.405. The number of likely N-dealkylation sites (tertiary alicyclic amines) is 2. The second kappa shape index (κ2) is 43.9. The molecule has 0 radical (unpaired) electrons. The third-order valence-corrected chi connectivity index (χ3v) is 21.9. The first kappa shape index (κ1) is 91.7. The number of aliphatic hydroxyl groups is 2. The number of carbonyl (C=O) groups is 6. The van der Waals surface area contributed by atoms with Gasteiger partial charge in [0.15, 0.2) is 12.3 Å². The van der Waals surface area contributed by atoms with Crippen LogP contribution in [0.1, 0.15) is 96.9 Å². The van der Waals surface area contributed by atoms with E-state index >= 15 is 0 Å². The van der Waals surface area contributed by atoms with Gasteiger partial charge in [0.1, 0.15) is 16.2 Å². The van der Waals surface area contributed by atoms with Gasteiger partial charge in [0.05, 0.1) is 33.7 Å². The second-order valence-corrected chi connectivity index (χ2v) is 31.9. The Morgan fingerprint density at radius 1 is 0.500 bits per heavy atom. The number of quaternary nitrogens is 1. The van der Waals surface area contributed by atoms with Gasteiger partial charge in [-0.1, -0.05) is 207 Å². The van der Waals surface area contributed by atoms with Gasteiger partial charge >= 0.3 is 5.97 Å². The minimum atomic E-state index is -1.18. The van der Waals surface area contributed by atoms with Gasteiger partial charge in [0.2, 0.25) is 5.91 Å². The molecule has 7 N–H and O–H groups in total. The van der Waals surface area contributed by atoms with Crippen LogP contribution in [-0.4, -0.2) is 176 Å². The maximum absolute atomic E-state index is 13.3. The number of aliphatic hydroxyl groups excluding tert-OH is 1. The van der Waals surface area contributed by atoms with Crippen molar-refractivity contribution in [2.24, 2.45) is 49.3 Å². The van der Waals surface area contributed by atoms with Crippen LogP contribution in [0.5, 0.6) is 0 Å². The molecule has 7 aromatic rings. The molecule has 1 aliphatic carbocycles. The van der Waals surface area contributed by atoms with Crippen molar-refractivity contribution >= 4 is 134 Å². The number of rotatable bonds is 16. The van der Waals surface area contributed by atoms with E-state index in [0.717, 1.165) is 77.2 Å². The summed E-state index contributed by atoms with van der Waals surface area (Å²) in [6.45, 7) is 9.21. The molecule has 600 valence electrons. The zero-order valence-electron chi connectivity index (χ0n) is 63.9. The Labute approximate surface area is 698 Å². The lowest BCUT2D eigenvalue weighted by atomic mass is 9.73. The monoisotopic (exact) mass is 1680 g/mol. The summed E-state index contributed by atoms with van der Waals surface area (Å²) in [6.07, 6.45) is 6.31. The summed E-state index contributed by atoms with van der Waals surface area (Å²) in [5.74, 6) is -0.943. The lowest BCUT2D eigenvalue weighted by Gasteiger charge is -2.40. The van der Waals surface area contributed by atoms with Crippen molar-refractivity contribution in [1.29, 1.82) is 0 Å². The van der Waals surface area contributed by atoms with Crippen molar-refractivity contribution in [3.8, 4) is 0 Å². The molecule has 3 saturated heterocycles. The number of carboxylic acids is 1. The maximum Gasteiger partial charge on any atom is 0.306 e. The molecular weight excluding hydrogens is 1590 g/mol. The number of benzene rings is 7. The number of aliphatic carboxylic acids is 1. The van der Waals surface area contributed by atoms with Crippen molar-refractivity contribution in [2.75, 3.05) is 71.1 Å². The van der Waals surface area contributed by atoms with Crippen molar-refractivity contribution in [3.05, 3.63) is 248 Å². The van der Waals surface area contributed by atoms with E-state index in [0.29, 0.717) is 92.7 Å². The van der Waals surface area contributed by atoms with Crippen molar-refractivity contribution in [1.82, 2.24) is 30.1 Å². The van der Waals surface area contributed by atoms with E-state index in [1.807, 2.05) is 163 Å². The fraction of sp³-hybridized carbons (Fsp3) is 0.400. The molecule has 7 aromatic carbocycles. The number of hydrazone groups is 3. The average Bonchev–Trinajstić information content (AvgIpc) is 1.61. The van der Waals surface area contributed by atoms with E-state index in [4.69, 9.17) is 86.3 Å². The van der Waals surface area contributed by atoms with Crippen LogP contribution in [0.3, 0.4) is 0 Å². The molecular formula is C85H100Cl8N10O9. The van der Waals surface area contributed by atoms with Gasteiger partial charge in [-0.2, -0.15) is 15.3 Å². The quantitative estimate of drug-likeness (QED) is 0.0452. The van der Waals surface area contributed by atoms with Gasteiger partial charge in [-0.15, -0.1) is 46.4 Å². The largest absolute Gasteiger partial charge is 1.00 e. The maximum atomic E-state index is 13.3. The fourth-order valence-electron chi connectivity index (χ4n) is 15.4. The highest BCUT2D eigenvalue weighted by Crippen LogP contribution is 2.42. The summed E-state index contributed by atoms with van der Waals surface area (Å²) in [6, 6.07) is 60.3. The standard InChI is InChI=1S/C24H26ClN3O2.C23H25ClN4O2.C14H17N3O.C12H16O2.C10H11ClO2.2CH2Cl2.ClH/c1-17(14-18-8-10-20(25)11-9-18)22(29)28-13-12-21-24(16-28,23(30)27(2)26-21)15-19-6-4-3-5-7-19;1-27-22(30)23(14-17-5-3-2-4-6-17)15-28(12-11-20(23)26-27)21(29)19(25)13-16-7-9-18(24)10-8-16;1-17-13(18)14(9-11-5-3-2-4-6-11)10-15-8-7-12(14)16-17;1-8-10-5-3-2-4-9(10)6-7-11(8)12(13)14;1-7(10(12)13)6-8-2-4-9(11)5-3-8;2*2-1-3;/h3-11,17H,12-16H2,1-2H3;2-10,19H,11-15,25H2,1H3;2-6,15H,7-10H2,1H3;2-5,8,11-14H,6-7H2,1H3;2-5,7H,6H2,1H3,(H,12,13);2*1H2;1H/t17-,24?;;;;7-;;;/m1...1.../s1. The fourth-order valence-corrected chi connectivity index (χ4v) is 15.8. The SMILES string of the molecule is CC1c2ccccc2CCC1C(O)O.CN1N=C2CCN(C(=O)C([NH3+])Cc3ccc(Cl)cc3)CC2(Cc2ccccc2)C1=O.CN1N=C2CCNCC2(Cc2ccccc2)C1=O.C[C@H](Cc1ccc(Cl)cc1)C(=O)N1CCC2=NN(C)C(=O)C2(Cc2ccccc2)C1.C[C@H](Cc1ccc(Cl)cc1)C(=O)O.ClCCl.ClCCl.[Cl-]. The van der Waals surface area contributed by atoms with E-state index in [1.54, 1.807) is 45.1 Å². The first-order valence-corrected chi connectivity index (χ1v) is 40.4. The van der Waals surface area contributed by atoms with Gasteiger partial charge in [-0.3, -0.25) is 28.8 Å². The molecule has 0 bridgehead atoms. The van der Waals surface area contributed by atoms with Crippen LogP contribution in [0.25, 0.3) is 0 Å². The molecule has 112 heavy (non-hydrogen) atoms. The lowest BCUT2D eigenvalue weighted by Crippen LogP contribution is -3.00. The molecule has 6 heterocycles. The van der Waals surface area contributed by atoms with Gasteiger partial charge in [0.25, 0.3) is 23.6 Å². The number of piperidine rings is 3. The third-order valence-electron chi connectivity index (χ3n) is 21.2. The number of amides is 5. The molecule has 7 aliphatic rings. The van der Waals surface area contributed by atoms with Crippen LogP contribution >= 0.6 is 81.2 Å². The van der Waals surface area contributed by atoms with Crippen molar-refractivity contribution < 1.29 is 62.2 Å². The molecule has 5 amide bonds. The van der Waals surface area contributed by atoms with E-state index in [2.05, 4.69) is 57.5 Å². The topological polar surface area (TPSA) is 256 Å². The average molecular weight is 1690 g/mol. The Morgan fingerprint density at radius 2 is 0.857 bits per heavy atom. The minimum Gasteiger partial charge on any atom is -1.00 e. The molecule has 6 aliphatic heterocycles. The van der Waals surface area contributed by atoms with Gasteiger partial charge in [-0.05, 0) is 132 Å². The van der Waals surface area contributed by atoms with Gasteiger partial charge in [-0.25, -0.2) is 15.0 Å². The van der Waals surface area contributed by atoms with E-state index < -0.39 is 34.5 Å². The number of carbonyl (C=O) groups excluding carboxylic acids is 5. The van der Waals surface area contributed by atoms with Crippen LogP contribution in [0, 0.1) is 34.0 Å². The number of alkyl halides is 4. The molecule has 0 spiro atoms. The Hall–Kier alpha value is -7.47. The number of carboxylic acid groups (broad SMARTS) is 1. The predicted octanol–water partition coefficient (Wildman–Crippen LogP) is 10.7. The molecule has 27 heteroatoms. The third kappa shape index (κ3) is 24.1. The normalized spacial score (nSPS) is 21.2. The summed E-state index contributed by atoms with van der Waals surface area (Å²) < 4.78 is 0. The first-order chi connectivity index (χ1) is 53.1. The number of halogens is 8. The molecule has 19 nitrogen and oxygen atoms in total. The predicted molar refractivity (Wildman–Crippen MR) is 444 cm³/mol. The van der Waals surface area contributed by atoms with Crippen LogP contribution in [0.15, 0.2) is 203 Å². The van der Waals surface area contributed by atoms with Crippen LogP contribution in [0.4, 0.5) is 0 Å².